The highest BCUT2D eigenvalue weighted by atomic mass is 35.5. The van der Waals surface area contributed by atoms with Crippen LogP contribution in [0.25, 0.3) is 43.6 Å². The van der Waals surface area contributed by atoms with Crippen molar-refractivity contribution in [1.29, 1.82) is 0 Å². The average molecular weight is 515 g/mol. The molecule has 1 aromatic heterocycles. The maximum Gasteiger partial charge on any atom is 0.152 e. The molecule has 1 heterocycles. The van der Waals surface area contributed by atoms with Crippen molar-refractivity contribution in [2.24, 2.45) is 5.41 Å². The van der Waals surface area contributed by atoms with Crippen LogP contribution in [0.15, 0.2) is 97.2 Å². The summed E-state index contributed by atoms with van der Waals surface area (Å²) in [5, 5.41) is 10.2. The molecule has 6 aromatic rings. The van der Waals surface area contributed by atoms with Gasteiger partial charge in [0.2, 0.25) is 0 Å². The van der Waals surface area contributed by atoms with Gasteiger partial charge < -0.3 is 10.3 Å². The summed E-state index contributed by atoms with van der Waals surface area (Å²) >= 11 is 6.27. The van der Waals surface area contributed by atoms with E-state index in [0.717, 1.165) is 64.7 Å². The second kappa shape index (κ2) is 9.04. The molecule has 1 saturated carbocycles. The van der Waals surface area contributed by atoms with Crippen molar-refractivity contribution in [3.8, 4) is 11.1 Å². The summed E-state index contributed by atoms with van der Waals surface area (Å²) in [6.45, 7) is 0.832. The van der Waals surface area contributed by atoms with E-state index in [2.05, 4.69) is 71.1 Å². The highest BCUT2D eigenvalue weighted by Gasteiger charge is 2.43. The number of anilines is 1. The number of halogens is 1. The number of carbonyl (C=O) groups is 1. The van der Waals surface area contributed by atoms with Gasteiger partial charge in [0.05, 0.1) is 0 Å². The fraction of sp³-hybridized carbons (Fsp3) is 0.147. The largest absolute Gasteiger partial charge is 0.384 e. The van der Waals surface area contributed by atoms with Gasteiger partial charge in [0.25, 0.3) is 0 Å². The van der Waals surface area contributed by atoms with E-state index in [1.165, 1.54) is 32.8 Å². The number of fused-ring (bicyclic) bond motifs is 3. The summed E-state index contributed by atoms with van der Waals surface area (Å²) in [6.07, 6.45) is 6.39. The predicted octanol–water partition coefficient (Wildman–Crippen LogP) is 9.04. The van der Waals surface area contributed by atoms with Gasteiger partial charge in [-0.2, -0.15) is 0 Å². The molecule has 5 aromatic carbocycles. The number of aldehydes is 1. The molecule has 2 N–H and O–H groups in total. The van der Waals surface area contributed by atoms with E-state index >= 15 is 0 Å². The summed E-state index contributed by atoms with van der Waals surface area (Å²) in [5.41, 5.74) is 6.71. The monoisotopic (exact) mass is 514 g/mol. The minimum atomic E-state index is 0.153. The third-order valence-electron chi connectivity index (χ3n) is 8.23. The summed E-state index contributed by atoms with van der Waals surface area (Å²) < 4.78 is 0. The van der Waals surface area contributed by atoms with Crippen LogP contribution in [0.1, 0.15) is 28.8 Å². The molecular weight excluding hydrogens is 488 g/mol. The van der Waals surface area contributed by atoms with Gasteiger partial charge in [-0.05, 0) is 75.5 Å². The summed E-state index contributed by atoms with van der Waals surface area (Å²) in [6, 6.07) is 31.4. The zero-order chi connectivity index (χ0) is 25.7. The maximum absolute atomic E-state index is 12.1. The van der Waals surface area contributed by atoms with Crippen LogP contribution in [0.2, 0.25) is 5.02 Å². The Kier molecular flexibility index (Phi) is 5.49. The molecule has 186 valence electrons. The molecule has 0 amide bonds. The topological polar surface area (TPSA) is 44.9 Å². The Morgan fingerprint density at radius 3 is 2.34 bits per heavy atom. The molecule has 1 fully saturated rings. The fourth-order valence-corrected chi connectivity index (χ4v) is 6.10. The first-order valence-electron chi connectivity index (χ1n) is 13.1. The van der Waals surface area contributed by atoms with Crippen LogP contribution in [-0.2, 0) is 6.42 Å². The second-order valence-electron chi connectivity index (χ2n) is 10.6. The molecule has 1 aliphatic carbocycles. The lowest BCUT2D eigenvalue weighted by atomic mass is 9.86. The number of hydrogen-bond acceptors (Lipinski definition) is 2. The lowest BCUT2D eigenvalue weighted by molar-refractivity contribution is 0.112. The zero-order valence-electron chi connectivity index (χ0n) is 20.9. The van der Waals surface area contributed by atoms with E-state index < -0.39 is 0 Å². The normalized spacial score (nSPS) is 14.2. The van der Waals surface area contributed by atoms with E-state index in [-0.39, 0.29) is 5.41 Å². The standard InChI is InChI=1S/C34H27ClN2O/c35-24-11-13-28-30(19-36-33(28)17-24)27-12-9-22-5-1-3-7-25(22)29(27)18-34(15-16-34)21-37-32-14-10-23-6-2-4-8-26(23)31(32)20-38/h1-14,17,19-20,36-37H,15-16,18,21H2. The molecule has 0 atom stereocenters. The number of H-pyrrole nitrogens is 1. The summed E-state index contributed by atoms with van der Waals surface area (Å²) in [5.74, 6) is 0. The third-order valence-corrected chi connectivity index (χ3v) is 8.46. The Labute approximate surface area is 226 Å². The number of rotatable bonds is 7. The van der Waals surface area contributed by atoms with Crippen LogP contribution >= 0.6 is 11.6 Å². The molecule has 0 bridgehead atoms. The minimum absolute atomic E-state index is 0.153. The second-order valence-corrected chi connectivity index (χ2v) is 11.0. The van der Waals surface area contributed by atoms with Crippen molar-refractivity contribution in [3.63, 3.8) is 0 Å². The van der Waals surface area contributed by atoms with Crippen LogP contribution in [-0.4, -0.2) is 17.8 Å². The summed E-state index contributed by atoms with van der Waals surface area (Å²) in [4.78, 5) is 15.5. The molecule has 0 radical (unpaired) electrons. The Bertz CT molecular complexity index is 1850. The van der Waals surface area contributed by atoms with Crippen molar-refractivity contribution in [2.75, 3.05) is 11.9 Å². The van der Waals surface area contributed by atoms with E-state index in [0.29, 0.717) is 0 Å². The quantitative estimate of drug-likeness (QED) is 0.209. The van der Waals surface area contributed by atoms with Crippen LogP contribution in [0.5, 0.6) is 0 Å². The number of nitrogens with one attached hydrogen (secondary N) is 2. The Morgan fingerprint density at radius 1 is 0.816 bits per heavy atom. The molecular formula is C34H27ClN2O. The smallest absolute Gasteiger partial charge is 0.152 e. The van der Waals surface area contributed by atoms with Gasteiger partial charge in [0, 0.05) is 45.5 Å². The molecule has 7 rings (SSSR count). The van der Waals surface area contributed by atoms with E-state index in [4.69, 9.17) is 11.6 Å². The lowest BCUT2D eigenvalue weighted by Crippen LogP contribution is -2.19. The van der Waals surface area contributed by atoms with Crippen LogP contribution in [0, 0.1) is 5.41 Å². The van der Waals surface area contributed by atoms with Gasteiger partial charge in [-0.15, -0.1) is 0 Å². The van der Waals surface area contributed by atoms with Crippen LogP contribution in [0.3, 0.4) is 0 Å². The van der Waals surface area contributed by atoms with E-state index in [1.54, 1.807) is 0 Å². The van der Waals surface area contributed by atoms with Gasteiger partial charge >= 0.3 is 0 Å². The zero-order valence-corrected chi connectivity index (χ0v) is 21.7. The molecule has 0 aliphatic heterocycles. The van der Waals surface area contributed by atoms with E-state index in [9.17, 15) is 4.79 Å². The van der Waals surface area contributed by atoms with Gasteiger partial charge in [-0.25, -0.2) is 0 Å². The molecule has 0 spiro atoms. The first-order chi connectivity index (χ1) is 18.6. The maximum atomic E-state index is 12.1. The Balaban J connectivity index is 1.26. The van der Waals surface area contributed by atoms with Crippen LogP contribution in [0.4, 0.5) is 5.69 Å². The average Bonchev–Trinajstić information content (AvgIpc) is 3.60. The van der Waals surface area contributed by atoms with Gasteiger partial charge in [0.1, 0.15) is 0 Å². The highest BCUT2D eigenvalue weighted by molar-refractivity contribution is 6.31. The highest BCUT2D eigenvalue weighted by Crippen LogP contribution is 2.51. The molecule has 38 heavy (non-hydrogen) atoms. The number of carbonyl (C=O) groups excluding carboxylic acids is 1. The van der Waals surface area contributed by atoms with Crippen LogP contribution < -0.4 is 5.32 Å². The number of benzene rings is 5. The minimum Gasteiger partial charge on any atom is -0.384 e. The lowest BCUT2D eigenvalue weighted by Gasteiger charge is -2.22. The summed E-state index contributed by atoms with van der Waals surface area (Å²) in [7, 11) is 0. The number of hydrogen-bond donors (Lipinski definition) is 2. The molecule has 3 nitrogen and oxygen atoms in total. The van der Waals surface area contributed by atoms with E-state index in [1.807, 2.05) is 36.4 Å². The SMILES string of the molecule is O=Cc1c(NCC2(Cc3c(-c4c[nH]c5cc(Cl)ccc45)ccc4ccccc34)CC2)ccc2ccccc12. The van der Waals surface area contributed by atoms with Crippen molar-refractivity contribution < 1.29 is 4.79 Å². The molecule has 4 heteroatoms. The third kappa shape index (κ3) is 3.95. The van der Waals surface area contributed by atoms with Crippen molar-refractivity contribution >= 4 is 56.0 Å². The molecule has 0 saturated heterocycles. The fourth-order valence-electron chi connectivity index (χ4n) is 5.93. The van der Waals surface area contributed by atoms with Crippen molar-refractivity contribution in [2.45, 2.75) is 19.3 Å². The Hall–Kier alpha value is -4.08. The number of aromatic nitrogens is 1. The van der Waals surface area contributed by atoms with Gasteiger partial charge in [-0.3, -0.25) is 4.79 Å². The van der Waals surface area contributed by atoms with Gasteiger partial charge in [0.15, 0.2) is 6.29 Å². The molecule has 1 aliphatic rings. The Morgan fingerprint density at radius 2 is 1.55 bits per heavy atom. The predicted molar refractivity (Wildman–Crippen MR) is 159 cm³/mol. The number of aromatic amines is 1. The van der Waals surface area contributed by atoms with Crippen molar-refractivity contribution in [3.05, 3.63) is 113 Å². The van der Waals surface area contributed by atoms with Crippen molar-refractivity contribution in [1.82, 2.24) is 4.98 Å². The molecule has 0 unspecified atom stereocenters. The first kappa shape index (κ1) is 23.1. The first-order valence-corrected chi connectivity index (χ1v) is 13.5. The van der Waals surface area contributed by atoms with Gasteiger partial charge in [-0.1, -0.05) is 84.4 Å².